The maximum absolute atomic E-state index is 11.6. The van der Waals surface area contributed by atoms with Gasteiger partial charge in [0.05, 0.1) is 19.7 Å². The molecule has 0 saturated heterocycles. The van der Waals surface area contributed by atoms with Gasteiger partial charge in [0, 0.05) is 22.2 Å². The van der Waals surface area contributed by atoms with Gasteiger partial charge in [0.15, 0.2) is 11.5 Å². The molecule has 0 saturated carbocycles. The highest BCUT2D eigenvalue weighted by Crippen LogP contribution is 2.33. The first-order valence-electron chi connectivity index (χ1n) is 7.34. The number of aromatic carboxylic acids is 1. The van der Waals surface area contributed by atoms with E-state index in [1.54, 1.807) is 42.5 Å². The maximum atomic E-state index is 11.6. The molecule has 0 aliphatic carbocycles. The Hall–Kier alpha value is -2.99. The van der Waals surface area contributed by atoms with Crippen molar-refractivity contribution >= 4 is 40.0 Å². The normalized spacial score (nSPS) is 10.5. The van der Waals surface area contributed by atoms with Crippen molar-refractivity contribution in [2.75, 3.05) is 19.5 Å². The monoisotopic (exact) mass is 358 g/mol. The van der Waals surface area contributed by atoms with Crippen LogP contribution in [0.25, 0.3) is 10.9 Å². The Balaban J connectivity index is 2.15. The molecule has 0 spiro atoms. The van der Waals surface area contributed by atoms with E-state index in [2.05, 4.69) is 10.3 Å². The molecule has 3 aromatic rings. The number of rotatable bonds is 5. The molecule has 1 aromatic heterocycles. The summed E-state index contributed by atoms with van der Waals surface area (Å²) in [6, 6.07) is 11.9. The number of aromatic nitrogens is 1. The average Bonchev–Trinajstić information content (AvgIpc) is 2.59. The smallest absolute Gasteiger partial charge is 0.339 e. The molecule has 0 radical (unpaired) electrons. The largest absolute Gasteiger partial charge is 0.493 e. The Morgan fingerprint density at radius 1 is 1.12 bits per heavy atom. The van der Waals surface area contributed by atoms with Gasteiger partial charge in [0.25, 0.3) is 0 Å². The number of benzene rings is 2. The third-order valence-electron chi connectivity index (χ3n) is 3.64. The van der Waals surface area contributed by atoms with Crippen molar-refractivity contribution in [3.05, 3.63) is 53.1 Å². The first-order chi connectivity index (χ1) is 12.0. The number of carboxylic acid groups (broad SMARTS) is 1. The molecule has 1 heterocycles. The summed E-state index contributed by atoms with van der Waals surface area (Å²) in [6.07, 6.45) is 0. The molecular formula is C18H15ClN2O4. The highest BCUT2D eigenvalue weighted by atomic mass is 35.5. The van der Waals surface area contributed by atoms with E-state index in [0.717, 1.165) is 0 Å². The summed E-state index contributed by atoms with van der Waals surface area (Å²) in [7, 11) is 3.05. The van der Waals surface area contributed by atoms with E-state index in [9.17, 15) is 9.90 Å². The lowest BCUT2D eigenvalue weighted by Crippen LogP contribution is -2.05. The van der Waals surface area contributed by atoms with Gasteiger partial charge in [-0.2, -0.15) is 0 Å². The van der Waals surface area contributed by atoms with Crippen LogP contribution in [0.3, 0.4) is 0 Å². The lowest BCUT2D eigenvalue weighted by atomic mass is 10.1. The quantitative estimate of drug-likeness (QED) is 0.705. The number of pyridine rings is 1. The van der Waals surface area contributed by atoms with Gasteiger partial charge in [-0.05, 0) is 30.3 Å². The number of halogens is 1. The summed E-state index contributed by atoms with van der Waals surface area (Å²) in [5.74, 6) is 0.145. The number of carbonyl (C=O) groups is 1. The molecule has 0 atom stereocenters. The third kappa shape index (κ3) is 3.44. The van der Waals surface area contributed by atoms with Gasteiger partial charge in [0.1, 0.15) is 11.4 Å². The van der Waals surface area contributed by atoms with Crippen LogP contribution in [0.5, 0.6) is 11.5 Å². The fourth-order valence-corrected chi connectivity index (χ4v) is 2.65. The van der Waals surface area contributed by atoms with Crippen LogP contribution in [-0.2, 0) is 0 Å². The van der Waals surface area contributed by atoms with Gasteiger partial charge < -0.3 is 19.9 Å². The van der Waals surface area contributed by atoms with Crippen LogP contribution in [0.15, 0.2) is 42.5 Å². The van der Waals surface area contributed by atoms with Crippen LogP contribution < -0.4 is 14.8 Å². The molecule has 0 aliphatic heterocycles. The summed E-state index contributed by atoms with van der Waals surface area (Å²) >= 11 is 5.97. The number of ether oxygens (including phenoxy) is 2. The van der Waals surface area contributed by atoms with Crippen molar-refractivity contribution in [1.29, 1.82) is 0 Å². The number of methoxy groups -OCH3 is 2. The molecule has 7 heteroatoms. The molecule has 128 valence electrons. The van der Waals surface area contributed by atoms with Crippen LogP contribution in [0.1, 0.15) is 10.4 Å². The predicted molar refractivity (Wildman–Crippen MR) is 96.5 cm³/mol. The van der Waals surface area contributed by atoms with E-state index in [-0.39, 0.29) is 11.4 Å². The number of hydrogen-bond donors (Lipinski definition) is 2. The zero-order valence-electron chi connectivity index (χ0n) is 13.5. The summed E-state index contributed by atoms with van der Waals surface area (Å²) in [6.45, 7) is 0. The SMILES string of the molecule is COc1cc2cc(C(=O)O)c(Nc3cccc(Cl)c3)nc2cc1OC. The molecule has 3 rings (SSSR count). The van der Waals surface area contributed by atoms with Crippen LogP contribution in [0.4, 0.5) is 11.5 Å². The molecule has 0 unspecified atom stereocenters. The van der Waals surface area contributed by atoms with Crippen molar-refractivity contribution in [3.63, 3.8) is 0 Å². The first kappa shape index (κ1) is 16.9. The second-order valence-corrected chi connectivity index (χ2v) is 5.66. The van der Waals surface area contributed by atoms with E-state index in [1.807, 2.05) is 0 Å². The minimum Gasteiger partial charge on any atom is -0.493 e. The second kappa shape index (κ2) is 6.86. The summed E-state index contributed by atoms with van der Waals surface area (Å²) < 4.78 is 10.5. The van der Waals surface area contributed by atoms with Gasteiger partial charge in [-0.25, -0.2) is 9.78 Å². The molecule has 0 amide bonds. The van der Waals surface area contributed by atoms with Gasteiger partial charge in [-0.3, -0.25) is 0 Å². The van der Waals surface area contributed by atoms with Gasteiger partial charge in [-0.1, -0.05) is 17.7 Å². The minimum absolute atomic E-state index is 0.0414. The van der Waals surface area contributed by atoms with Gasteiger partial charge in [0.2, 0.25) is 0 Å². The van der Waals surface area contributed by atoms with E-state index < -0.39 is 5.97 Å². The van der Waals surface area contributed by atoms with Crippen molar-refractivity contribution in [1.82, 2.24) is 4.98 Å². The van der Waals surface area contributed by atoms with Crippen molar-refractivity contribution in [2.24, 2.45) is 0 Å². The fraction of sp³-hybridized carbons (Fsp3) is 0.111. The van der Waals surface area contributed by atoms with E-state index in [1.165, 1.54) is 14.2 Å². The highest BCUT2D eigenvalue weighted by Gasteiger charge is 2.16. The Labute approximate surface area is 149 Å². The predicted octanol–water partition coefficient (Wildman–Crippen LogP) is 4.35. The Bertz CT molecular complexity index is 959. The minimum atomic E-state index is -1.09. The van der Waals surface area contributed by atoms with E-state index >= 15 is 0 Å². The zero-order chi connectivity index (χ0) is 18.0. The standard InChI is InChI=1S/C18H15ClN2O4/c1-24-15-7-10-6-13(18(22)23)17(21-14(10)9-16(15)25-2)20-12-5-3-4-11(19)8-12/h3-9H,1-2H3,(H,20,21)(H,22,23). The Morgan fingerprint density at radius 2 is 1.84 bits per heavy atom. The molecule has 0 aliphatic rings. The lowest BCUT2D eigenvalue weighted by Gasteiger charge is -2.13. The maximum Gasteiger partial charge on any atom is 0.339 e. The molecule has 25 heavy (non-hydrogen) atoms. The van der Waals surface area contributed by atoms with Crippen LogP contribution in [0.2, 0.25) is 5.02 Å². The number of carboxylic acids is 1. The van der Waals surface area contributed by atoms with Crippen LogP contribution in [0, 0.1) is 0 Å². The zero-order valence-corrected chi connectivity index (χ0v) is 14.3. The third-order valence-corrected chi connectivity index (χ3v) is 3.87. The molecule has 2 aromatic carbocycles. The van der Waals surface area contributed by atoms with Crippen LogP contribution in [-0.4, -0.2) is 30.3 Å². The second-order valence-electron chi connectivity index (χ2n) is 5.22. The summed E-state index contributed by atoms with van der Waals surface area (Å²) in [4.78, 5) is 16.1. The Kier molecular flexibility index (Phi) is 4.63. The van der Waals surface area contributed by atoms with Crippen molar-refractivity contribution in [2.45, 2.75) is 0 Å². The Morgan fingerprint density at radius 3 is 2.48 bits per heavy atom. The van der Waals surface area contributed by atoms with E-state index in [0.29, 0.717) is 33.1 Å². The van der Waals surface area contributed by atoms with E-state index in [4.69, 9.17) is 21.1 Å². The van der Waals surface area contributed by atoms with Crippen LogP contribution >= 0.6 is 11.6 Å². The van der Waals surface area contributed by atoms with Crippen molar-refractivity contribution < 1.29 is 19.4 Å². The molecule has 0 bridgehead atoms. The number of nitrogens with one attached hydrogen (secondary N) is 1. The van der Waals surface area contributed by atoms with Gasteiger partial charge >= 0.3 is 5.97 Å². The fourth-order valence-electron chi connectivity index (χ4n) is 2.46. The first-order valence-corrected chi connectivity index (χ1v) is 7.72. The number of anilines is 2. The molecule has 0 fully saturated rings. The lowest BCUT2D eigenvalue weighted by molar-refractivity contribution is 0.0698. The summed E-state index contributed by atoms with van der Waals surface area (Å²) in [5, 5.41) is 13.7. The molecule has 2 N–H and O–H groups in total. The number of fused-ring (bicyclic) bond motifs is 1. The molecule has 6 nitrogen and oxygen atoms in total. The number of hydrogen-bond acceptors (Lipinski definition) is 5. The summed E-state index contributed by atoms with van der Waals surface area (Å²) in [5.41, 5.74) is 1.26. The molecular weight excluding hydrogens is 344 g/mol. The average molecular weight is 359 g/mol. The highest BCUT2D eigenvalue weighted by molar-refractivity contribution is 6.30. The van der Waals surface area contributed by atoms with Crippen molar-refractivity contribution in [3.8, 4) is 11.5 Å². The topological polar surface area (TPSA) is 80.7 Å². The van der Waals surface area contributed by atoms with Gasteiger partial charge in [-0.15, -0.1) is 0 Å². The number of nitrogens with zero attached hydrogens (tertiary/aromatic N) is 1.